The molecule has 1 aliphatic heterocycles. The van der Waals surface area contributed by atoms with Gasteiger partial charge in [0, 0.05) is 10.6 Å². The van der Waals surface area contributed by atoms with E-state index in [1.54, 1.807) is 12.1 Å². The zero-order valence-corrected chi connectivity index (χ0v) is 16.3. The molecule has 0 atom stereocenters. The molecular weight excluding hydrogens is 394 g/mol. The molecule has 1 aromatic rings. The molecule has 2 aliphatic rings. The van der Waals surface area contributed by atoms with Crippen LogP contribution < -0.4 is 16.1 Å². The van der Waals surface area contributed by atoms with Crippen LogP contribution in [0.4, 0.5) is 19.3 Å². The van der Waals surface area contributed by atoms with Gasteiger partial charge in [0.05, 0.1) is 0 Å². The van der Waals surface area contributed by atoms with E-state index in [0.717, 1.165) is 17.9 Å². The molecule has 6 nitrogen and oxygen atoms in total. The predicted octanol–water partition coefficient (Wildman–Crippen LogP) is 3.70. The summed E-state index contributed by atoms with van der Waals surface area (Å²) in [6, 6.07) is 5.73. The summed E-state index contributed by atoms with van der Waals surface area (Å²) in [5.41, 5.74) is 2.33. The quantitative estimate of drug-likeness (QED) is 0.396. The Hall–Kier alpha value is -1.94. The number of imide groups is 1. The number of amides is 3. The highest BCUT2D eigenvalue weighted by Gasteiger charge is 2.52. The maximum Gasteiger partial charge on any atom is 0.344 e. The molecule has 0 aromatic heterocycles. The second kappa shape index (κ2) is 7.97. The number of nitrogens with one attached hydrogen (secondary N) is 3. The first-order chi connectivity index (χ1) is 12.8. The summed E-state index contributed by atoms with van der Waals surface area (Å²) in [7, 11) is 0. The van der Waals surface area contributed by atoms with Crippen molar-refractivity contribution in [2.24, 2.45) is 5.92 Å². The van der Waals surface area contributed by atoms with Gasteiger partial charge in [0.15, 0.2) is 5.11 Å². The average Bonchev–Trinajstić information content (AvgIpc) is 2.83. The number of carbonyl (C=O) groups excluding carboxylic acids is 2. The second-order valence-electron chi connectivity index (χ2n) is 6.80. The van der Waals surface area contributed by atoms with Crippen LogP contribution in [0.15, 0.2) is 29.2 Å². The third-order valence-corrected chi connectivity index (χ3v) is 5.76. The van der Waals surface area contributed by atoms with Crippen molar-refractivity contribution in [1.29, 1.82) is 0 Å². The average molecular weight is 415 g/mol. The summed E-state index contributed by atoms with van der Waals surface area (Å²) in [4.78, 5) is 25.4. The van der Waals surface area contributed by atoms with Gasteiger partial charge in [0.25, 0.3) is 11.7 Å². The number of nitrogens with zero attached hydrogens (tertiary/aromatic N) is 1. The number of halogens is 2. The van der Waals surface area contributed by atoms with Crippen LogP contribution in [0.1, 0.15) is 32.6 Å². The summed E-state index contributed by atoms with van der Waals surface area (Å²) in [6.07, 6.45) is 2.98. The Bertz CT molecular complexity index is 737. The highest BCUT2D eigenvalue weighted by atomic mass is 32.2. The molecule has 3 amide bonds. The second-order valence-corrected chi connectivity index (χ2v) is 8.28. The largest absolute Gasteiger partial charge is 0.344 e. The van der Waals surface area contributed by atoms with Gasteiger partial charge in [-0.2, -0.15) is 13.8 Å². The highest BCUT2D eigenvalue weighted by molar-refractivity contribution is 7.99. The van der Waals surface area contributed by atoms with Crippen LogP contribution in [0.2, 0.25) is 0 Å². The molecular formula is C17H20F2N4O2S2. The lowest BCUT2D eigenvalue weighted by molar-refractivity contribution is -0.133. The molecule has 27 heavy (non-hydrogen) atoms. The first-order valence-corrected chi connectivity index (χ1v) is 9.87. The number of hydrazine groups is 1. The molecule has 3 rings (SSSR count). The monoisotopic (exact) mass is 414 g/mol. The molecule has 2 fully saturated rings. The highest BCUT2D eigenvalue weighted by Crippen LogP contribution is 2.35. The Kier molecular flexibility index (Phi) is 5.85. The van der Waals surface area contributed by atoms with Crippen molar-refractivity contribution in [3.63, 3.8) is 0 Å². The third-order valence-electron chi connectivity index (χ3n) is 4.84. The predicted molar refractivity (Wildman–Crippen MR) is 103 cm³/mol. The number of hydrogen-bond acceptors (Lipinski definition) is 4. The summed E-state index contributed by atoms with van der Waals surface area (Å²) in [5.74, 6) is -2.27. The van der Waals surface area contributed by atoms with Crippen molar-refractivity contribution < 1.29 is 18.4 Å². The van der Waals surface area contributed by atoms with E-state index in [0.29, 0.717) is 41.1 Å². The van der Waals surface area contributed by atoms with Gasteiger partial charge in [-0.15, -0.1) is 0 Å². The number of urea groups is 1. The van der Waals surface area contributed by atoms with Crippen LogP contribution in [-0.4, -0.2) is 33.4 Å². The topological polar surface area (TPSA) is 73.5 Å². The number of alkyl halides is 2. The number of thiocarbonyl (C=S) groups is 1. The Morgan fingerprint density at radius 2 is 1.93 bits per heavy atom. The molecule has 1 saturated carbocycles. The molecule has 0 unspecified atom stereocenters. The van der Waals surface area contributed by atoms with Crippen LogP contribution >= 0.6 is 24.0 Å². The van der Waals surface area contributed by atoms with E-state index in [2.05, 4.69) is 23.0 Å². The fraction of sp³-hybridized carbons (Fsp3) is 0.471. The number of anilines is 1. The zero-order chi connectivity index (χ0) is 19.6. The third kappa shape index (κ3) is 4.49. The molecule has 1 saturated heterocycles. The molecule has 10 heteroatoms. The van der Waals surface area contributed by atoms with Crippen LogP contribution in [-0.2, 0) is 4.79 Å². The van der Waals surface area contributed by atoms with E-state index >= 15 is 0 Å². The van der Waals surface area contributed by atoms with Crippen LogP contribution in [0.25, 0.3) is 0 Å². The first kappa shape index (κ1) is 19.8. The maximum absolute atomic E-state index is 12.8. The Labute approximate surface area is 165 Å². The lowest BCUT2D eigenvalue weighted by Crippen LogP contribution is -2.52. The summed E-state index contributed by atoms with van der Waals surface area (Å²) >= 11 is 5.62. The van der Waals surface area contributed by atoms with Crippen molar-refractivity contribution >= 4 is 46.7 Å². The van der Waals surface area contributed by atoms with Crippen molar-refractivity contribution in [3.05, 3.63) is 24.3 Å². The minimum Gasteiger partial charge on any atom is -0.331 e. The number of carbonyl (C=O) groups is 2. The van der Waals surface area contributed by atoms with Crippen LogP contribution in [0.3, 0.4) is 0 Å². The smallest absolute Gasteiger partial charge is 0.331 e. The van der Waals surface area contributed by atoms with E-state index in [1.807, 2.05) is 0 Å². The van der Waals surface area contributed by atoms with Crippen molar-refractivity contribution in [1.82, 2.24) is 15.8 Å². The molecule has 1 spiro atoms. The number of rotatable bonds is 4. The van der Waals surface area contributed by atoms with Crippen molar-refractivity contribution in [2.45, 2.75) is 48.8 Å². The van der Waals surface area contributed by atoms with Gasteiger partial charge < -0.3 is 10.6 Å². The zero-order valence-electron chi connectivity index (χ0n) is 14.6. The van der Waals surface area contributed by atoms with Crippen molar-refractivity contribution in [3.8, 4) is 0 Å². The number of thioether (sulfide) groups is 1. The molecule has 0 radical (unpaired) electrons. The van der Waals surface area contributed by atoms with E-state index < -0.39 is 17.3 Å². The number of hydrogen-bond donors (Lipinski definition) is 3. The Morgan fingerprint density at radius 3 is 2.52 bits per heavy atom. The molecule has 1 aromatic carbocycles. The maximum atomic E-state index is 12.8. The summed E-state index contributed by atoms with van der Waals surface area (Å²) in [6.45, 7) is 2.13. The molecule has 1 heterocycles. The SMILES string of the molecule is CC1CCC2(CC1)NC(=O)N(NC(=S)Nc1ccc(SC(F)F)cc1)C2=O. The van der Waals surface area contributed by atoms with E-state index in [9.17, 15) is 18.4 Å². The van der Waals surface area contributed by atoms with Crippen LogP contribution in [0.5, 0.6) is 0 Å². The fourth-order valence-electron chi connectivity index (χ4n) is 3.30. The van der Waals surface area contributed by atoms with E-state index in [-0.39, 0.29) is 11.0 Å². The van der Waals surface area contributed by atoms with Gasteiger partial charge >= 0.3 is 6.03 Å². The van der Waals surface area contributed by atoms with Crippen LogP contribution in [0, 0.1) is 5.92 Å². The van der Waals surface area contributed by atoms with Gasteiger partial charge in [0.2, 0.25) is 0 Å². The number of benzene rings is 1. The molecule has 146 valence electrons. The molecule has 3 N–H and O–H groups in total. The first-order valence-electron chi connectivity index (χ1n) is 8.58. The minimum atomic E-state index is -2.48. The summed E-state index contributed by atoms with van der Waals surface area (Å²) in [5, 5.41) is 6.61. The van der Waals surface area contributed by atoms with Gasteiger partial charge in [0.1, 0.15) is 5.54 Å². The Morgan fingerprint density at radius 1 is 1.30 bits per heavy atom. The molecule has 0 bridgehead atoms. The fourth-order valence-corrected chi connectivity index (χ4v) is 4.00. The lowest BCUT2D eigenvalue weighted by Gasteiger charge is -2.33. The van der Waals surface area contributed by atoms with Gasteiger partial charge in [-0.25, -0.2) is 4.79 Å². The van der Waals surface area contributed by atoms with Crippen molar-refractivity contribution in [2.75, 3.05) is 5.32 Å². The summed E-state index contributed by atoms with van der Waals surface area (Å²) < 4.78 is 24.7. The van der Waals surface area contributed by atoms with E-state index in [1.165, 1.54) is 12.1 Å². The van der Waals surface area contributed by atoms with Gasteiger partial charge in [-0.3, -0.25) is 10.2 Å². The van der Waals surface area contributed by atoms with E-state index in [4.69, 9.17) is 12.2 Å². The molecule has 1 aliphatic carbocycles. The van der Waals surface area contributed by atoms with Gasteiger partial charge in [-0.1, -0.05) is 18.7 Å². The normalized spacial score (nSPS) is 25.0. The van der Waals surface area contributed by atoms with Gasteiger partial charge in [-0.05, 0) is 68.1 Å². The lowest BCUT2D eigenvalue weighted by atomic mass is 9.77. The Balaban J connectivity index is 1.59. The standard InChI is InChI=1S/C17H20F2N4O2S2/c1-10-6-8-17(9-7-10)13(24)23(16(25)21-17)22-15(26)20-11-2-4-12(5-3-11)27-14(18)19/h2-5,10,14H,6-9H2,1H3,(H,21,25)(H2,20,22,26). The minimum absolute atomic E-state index is 0.0639.